The van der Waals surface area contributed by atoms with E-state index in [0.29, 0.717) is 10.8 Å². The summed E-state index contributed by atoms with van der Waals surface area (Å²) in [5.74, 6) is 1.68. The Morgan fingerprint density at radius 2 is 2.04 bits per heavy atom. The highest BCUT2D eigenvalue weighted by atomic mass is 35.7. The number of hydrogen-bond acceptors (Lipinski definition) is 3. The van der Waals surface area contributed by atoms with Gasteiger partial charge in [-0.2, -0.15) is 0 Å². The number of imidazole rings is 1. The Morgan fingerprint density at radius 3 is 2.65 bits per heavy atom. The summed E-state index contributed by atoms with van der Waals surface area (Å²) in [6, 6.07) is 5.67. The van der Waals surface area contributed by atoms with Gasteiger partial charge in [-0.3, -0.25) is 0 Å². The molecule has 1 fully saturated rings. The minimum absolute atomic E-state index is 0.0511. The van der Waals surface area contributed by atoms with E-state index in [0.717, 1.165) is 49.5 Å². The second-order valence-corrected chi connectivity index (χ2v) is 8.99. The number of fused-ring (bicyclic) bond motifs is 1. The number of aromatic nitrogens is 2. The van der Waals surface area contributed by atoms with Gasteiger partial charge >= 0.3 is 0 Å². The van der Waals surface area contributed by atoms with Gasteiger partial charge in [0.2, 0.25) is 0 Å². The van der Waals surface area contributed by atoms with E-state index in [1.165, 1.54) is 0 Å². The van der Waals surface area contributed by atoms with E-state index in [2.05, 4.69) is 25.3 Å². The van der Waals surface area contributed by atoms with Crippen LogP contribution in [-0.4, -0.2) is 27.0 Å². The molecule has 1 aliphatic rings. The van der Waals surface area contributed by atoms with E-state index >= 15 is 0 Å². The molecular formula is C17H23ClN2O2S. The van der Waals surface area contributed by atoms with Gasteiger partial charge in [0.1, 0.15) is 15.8 Å². The van der Waals surface area contributed by atoms with Crippen LogP contribution in [0.5, 0.6) is 0 Å². The van der Waals surface area contributed by atoms with Crippen LogP contribution in [0.15, 0.2) is 23.1 Å². The molecule has 0 bridgehead atoms. The van der Waals surface area contributed by atoms with E-state index in [1.807, 2.05) is 18.2 Å². The minimum atomic E-state index is -1.50. The van der Waals surface area contributed by atoms with Crippen LogP contribution in [0.1, 0.15) is 39.4 Å². The zero-order valence-corrected chi connectivity index (χ0v) is 15.4. The lowest BCUT2D eigenvalue weighted by atomic mass is 9.94. The highest BCUT2D eigenvalue weighted by Crippen LogP contribution is 2.30. The molecule has 1 aromatic heterocycles. The van der Waals surface area contributed by atoms with Gasteiger partial charge in [0, 0.05) is 25.2 Å². The van der Waals surface area contributed by atoms with Gasteiger partial charge in [-0.05, 0) is 47.6 Å². The topological polar surface area (TPSA) is 44.1 Å². The predicted molar refractivity (Wildman–Crippen MR) is 94.2 cm³/mol. The number of benzene rings is 1. The molecule has 0 N–H and O–H groups in total. The van der Waals surface area contributed by atoms with Crippen molar-refractivity contribution in [2.75, 3.05) is 13.2 Å². The third-order valence-electron chi connectivity index (χ3n) is 4.36. The highest BCUT2D eigenvalue weighted by molar-refractivity contribution is 8.08. The maximum atomic E-state index is 11.5. The van der Waals surface area contributed by atoms with Crippen molar-refractivity contribution in [1.29, 1.82) is 0 Å². The number of nitrogens with zero attached hydrogens (tertiary/aromatic N) is 2. The Bertz CT molecular complexity index is 730. The predicted octanol–water partition coefficient (Wildman–Crippen LogP) is 4.02. The van der Waals surface area contributed by atoms with Crippen LogP contribution in [0, 0.1) is 5.92 Å². The molecule has 2 aromatic rings. The molecule has 0 amide bonds. The first-order valence-corrected chi connectivity index (χ1v) is 10.0. The largest absolute Gasteiger partial charge is 0.381 e. The third kappa shape index (κ3) is 3.62. The smallest absolute Gasteiger partial charge is 0.147 e. The van der Waals surface area contributed by atoms with Crippen molar-refractivity contribution in [2.45, 2.75) is 50.5 Å². The second kappa shape index (κ2) is 6.54. The van der Waals surface area contributed by atoms with Gasteiger partial charge in [-0.25, -0.2) is 9.19 Å². The van der Waals surface area contributed by atoms with Crippen molar-refractivity contribution in [2.24, 2.45) is 5.92 Å². The van der Waals surface area contributed by atoms with Gasteiger partial charge in [-0.1, -0.05) is 20.8 Å². The molecule has 1 aromatic carbocycles. The molecule has 23 heavy (non-hydrogen) atoms. The van der Waals surface area contributed by atoms with Crippen molar-refractivity contribution in [3.8, 4) is 0 Å². The van der Waals surface area contributed by atoms with Crippen molar-refractivity contribution in [3.63, 3.8) is 0 Å². The van der Waals surface area contributed by atoms with Gasteiger partial charge in [0.15, 0.2) is 0 Å². The minimum Gasteiger partial charge on any atom is -0.381 e. The molecule has 0 aliphatic carbocycles. The summed E-state index contributed by atoms with van der Waals surface area (Å²) in [5.41, 5.74) is 1.91. The molecule has 2 heterocycles. The number of rotatable bonds is 3. The third-order valence-corrected chi connectivity index (χ3v) is 5.52. The summed E-state index contributed by atoms with van der Waals surface area (Å²) < 4.78 is 19.3. The molecule has 1 aliphatic heterocycles. The SMILES string of the molecule is CC(C)(C)c1nc2cc(S(=O)Cl)ccc2n1CC1CCOCC1. The average Bonchev–Trinajstić information content (AvgIpc) is 2.86. The summed E-state index contributed by atoms with van der Waals surface area (Å²) in [5, 5.41) is 0. The lowest BCUT2D eigenvalue weighted by Gasteiger charge is -2.26. The fourth-order valence-corrected chi connectivity index (χ4v) is 3.82. The highest BCUT2D eigenvalue weighted by Gasteiger charge is 2.25. The first-order valence-electron chi connectivity index (χ1n) is 8.03. The lowest BCUT2D eigenvalue weighted by Crippen LogP contribution is -2.25. The molecule has 0 radical (unpaired) electrons. The summed E-state index contributed by atoms with van der Waals surface area (Å²) in [6.45, 7) is 9.17. The fraction of sp³-hybridized carbons (Fsp3) is 0.588. The van der Waals surface area contributed by atoms with Crippen LogP contribution in [-0.2, 0) is 26.7 Å². The van der Waals surface area contributed by atoms with Crippen LogP contribution >= 0.6 is 10.7 Å². The van der Waals surface area contributed by atoms with E-state index in [9.17, 15) is 4.21 Å². The molecule has 1 unspecified atom stereocenters. The van der Waals surface area contributed by atoms with Crippen molar-refractivity contribution >= 4 is 31.7 Å². The first-order chi connectivity index (χ1) is 10.9. The standard InChI is InChI=1S/C17H23ClN2O2S/c1-17(2,3)16-19-14-10-13(23(18)21)4-5-15(14)20(16)11-12-6-8-22-9-7-12/h4-5,10,12H,6-9,11H2,1-3H3. The average molecular weight is 355 g/mol. The van der Waals surface area contributed by atoms with Gasteiger partial charge < -0.3 is 9.30 Å². The van der Waals surface area contributed by atoms with Gasteiger partial charge in [-0.15, -0.1) is 0 Å². The molecule has 126 valence electrons. The second-order valence-electron chi connectivity index (χ2n) is 7.23. The Balaban J connectivity index is 2.06. The molecule has 4 nitrogen and oxygen atoms in total. The van der Waals surface area contributed by atoms with Crippen LogP contribution < -0.4 is 0 Å². The Hall–Kier alpha value is -0.910. The Morgan fingerprint density at radius 1 is 1.35 bits per heavy atom. The molecular weight excluding hydrogens is 332 g/mol. The fourth-order valence-electron chi connectivity index (χ4n) is 3.15. The van der Waals surface area contributed by atoms with Crippen LogP contribution in [0.25, 0.3) is 11.0 Å². The van der Waals surface area contributed by atoms with Crippen LogP contribution in [0.4, 0.5) is 0 Å². The summed E-state index contributed by atoms with van der Waals surface area (Å²) in [4.78, 5) is 5.44. The summed E-state index contributed by atoms with van der Waals surface area (Å²) >= 11 is 0. The normalized spacial score (nSPS) is 18.4. The molecule has 6 heteroatoms. The molecule has 3 rings (SSSR count). The van der Waals surface area contributed by atoms with E-state index in [-0.39, 0.29) is 5.41 Å². The van der Waals surface area contributed by atoms with E-state index in [4.69, 9.17) is 20.4 Å². The Kier molecular flexibility index (Phi) is 4.81. The molecule has 0 spiro atoms. The molecule has 1 atom stereocenters. The van der Waals surface area contributed by atoms with Crippen molar-refractivity contribution < 1.29 is 8.95 Å². The van der Waals surface area contributed by atoms with Crippen LogP contribution in [0.3, 0.4) is 0 Å². The van der Waals surface area contributed by atoms with Crippen molar-refractivity contribution in [3.05, 3.63) is 24.0 Å². The van der Waals surface area contributed by atoms with E-state index in [1.54, 1.807) is 0 Å². The Labute approximate surface area is 144 Å². The summed E-state index contributed by atoms with van der Waals surface area (Å²) in [7, 11) is 4.22. The zero-order chi connectivity index (χ0) is 16.6. The lowest BCUT2D eigenvalue weighted by molar-refractivity contribution is 0.0611. The van der Waals surface area contributed by atoms with Crippen LogP contribution in [0.2, 0.25) is 0 Å². The number of halogens is 1. The zero-order valence-electron chi connectivity index (χ0n) is 13.8. The van der Waals surface area contributed by atoms with E-state index < -0.39 is 10.0 Å². The monoisotopic (exact) mass is 354 g/mol. The maximum absolute atomic E-state index is 11.5. The van der Waals surface area contributed by atoms with Crippen molar-refractivity contribution in [1.82, 2.24) is 9.55 Å². The first kappa shape index (κ1) is 16.9. The van der Waals surface area contributed by atoms with Gasteiger partial charge in [0.05, 0.1) is 15.9 Å². The van der Waals surface area contributed by atoms with Gasteiger partial charge in [0.25, 0.3) is 0 Å². The number of hydrogen-bond donors (Lipinski definition) is 0. The molecule has 1 saturated heterocycles. The molecule has 0 saturated carbocycles. The maximum Gasteiger partial charge on any atom is 0.147 e. The quantitative estimate of drug-likeness (QED) is 0.782. The summed E-state index contributed by atoms with van der Waals surface area (Å²) in [6.07, 6.45) is 2.18. The number of ether oxygens (including phenoxy) is 1.